The molecule has 2 rings (SSSR count). The number of rotatable bonds is 6. The van der Waals surface area contributed by atoms with E-state index in [2.05, 4.69) is 17.0 Å². The van der Waals surface area contributed by atoms with Gasteiger partial charge in [0.05, 0.1) is 33.3 Å². The molecule has 0 atom stereocenters. The van der Waals surface area contributed by atoms with Crippen LogP contribution < -0.4 is 14.5 Å². The van der Waals surface area contributed by atoms with E-state index in [1.54, 1.807) is 7.11 Å². The molecule has 5 heteroatoms. The number of ether oxygens (including phenoxy) is 1. The van der Waals surface area contributed by atoms with Crippen molar-refractivity contribution in [3.63, 3.8) is 0 Å². The molecule has 122 valence electrons. The van der Waals surface area contributed by atoms with Gasteiger partial charge in [-0.05, 0) is 38.1 Å². The van der Waals surface area contributed by atoms with Gasteiger partial charge in [0.1, 0.15) is 5.75 Å². The summed E-state index contributed by atoms with van der Waals surface area (Å²) in [6.07, 6.45) is 0. The zero-order chi connectivity index (χ0) is 15.9. The quantitative estimate of drug-likeness (QED) is 0.820. The van der Waals surface area contributed by atoms with Crippen molar-refractivity contribution in [1.29, 1.82) is 0 Å². The fraction of sp³-hybridized carbons (Fsp3) is 0.588. The van der Waals surface area contributed by atoms with Crippen molar-refractivity contribution in [3.8, 4) is 5.75 Å². The lowest BCUT2D eigenvalue weighted by molar-refractivity contribution is -0.892. The third kappa shape index (κ3) is 4.13. The summed E-state index contributed by atoms with van der Waals surface area (Å²) in [4.78, 5) is 17.9. The van der Waals surface area contributed by atoms with E-state index in [1.165, 1.54) is 10.6 Å². The molecule has 1 saturated heterocycles. The third-order valence-electron chi connectivity index (χ3n) is 4.43. The largest absolute Gasteiger partial charge is 0.497 e. The summed E-state index contributed by atoms with van der Waals surface area (Å²) < 4.78 is 5.20. The molecule has 0 saturated carbocycles. The normalized spacial score (nSPS) is 15.7. The van der Waals surface area contributed by atoms with Gasteiger partial charge >= 0.3 is 0 Å². The first-order chi connectivity index (χ1) is 10.7. The van der Waals surface area contributed by atoms with E-state index < -0.39 is 0 Å². The Kier molecular flexibility index (Phi) is 6.07. The van der Waals surface area contributed by atoms with Gasteiger partial charge < -0.3 is 19.4 Å². The summed E-state index contributed by atoms with van der Waals surface area (Å²) in [6, 6.07) is 8.20. The minimum absolute atomic E-state index is 0.276. The van der Waals surface area contributed by atoms with Gasteiger partial charge in [0, 0.05) is 18.8 Å². The lowest BCUT2D eigenvalue weighted by Gasteiger charge is -2.34. The van der Waals surface area contributed by atoms with Crippen molar-refractivity contribution < 1.29 is 14.4 Å². The number of carbonyl (C=O) groups is 1. The number of likely N-dealkylation sites (N-methyl/N-ethyl adjacent to an activating group) is 1. The van der Waals surface area contributed by atoms with Crippen LogP contribution in [0.1, 0.15) is 13.8 Å². The van der Waals surface area contributed by atoms with Gasteiger partial charge in [0.25, 0.3) is 5.91 Å². The van der Waals surface area contributed by atoms with Crippen LogP contribution in [0.5, 0.6) is 5.75 Å². The first kappa shape index (κ1) is 16.6. The van der Waals surface area contributed by atoms with Gasteiger partial charge in [-0.15, -0.1) is 0 Å². The van der Waals surface area contributed by atoms with Gasteiger partial charge in [0.15, 0.2) is 6.54 Å². The number of hydrogen-bond donors (Lipinski definition) is 1. The minimum Gasteiger partial charge on any atom is -0.497 e. The van der Waals surface area contributed by atoms with Crippen molar-refractivity contribution in [2.45, 2.75) is 13.8 Å². The lowest BCUT2D eigenvalue weighted by atomic mass is 10.2. The molecular weight excluding hydrogens is 278 g/mol. The molecule has 0 unspecified atom stereocenters. The van der Waals surface area contributed by atoms with E-state index in [1.807, 2.05) is 30.9 Å². The summed E-state index contributed by atoms with van der Waals surface area (Å²) in [5, 5.41) is 0. The van der Waals surface area contributed by atoms with Crippen LogP contribution in [0.25, 0.3) is 0 Å². The molecule has 1 N–H and O–H groups in total. The molecule has 1 aliphatic rings. The highest BCUT2D eigenvalue weighted by Crippen LogP contribution is 2.18. The fourth-order valence-electron chi connectivity index (χ4n) is 2.95. The van der Waals surface area contributed by atoms with E-state index in [-0.39, 0.29) is 5.91 Å². The van der Waals surface area contributed by atoms with E-state index in [0.717, 1.165) is 45.0 Å². The maximum atomic E-state index is 12.2. The van der Waals surface area contributed by atoms with E-state index in [4.69, 9.17) is 4.74 Å². The molecule has 1 amide bonds. The summed E-state index contributed by atoms with van der Waals surface area (Å²) in [7, 11) is 1.68. The van der Waals surface area contributed by atoms with Gasteiger partial charge in [-0.25, -0.2) is 0 Å². The molecule has 0 spiro atoms. The Hall–Kier alpha value is -1.75. The van der Waals surface area contributed by atoms with E-state index in [9.17, 15) is 4.79 Å². The smallest absolute Gasteiger partial charge is 0.277 e. The maximum Gasteiger partial charge on any atom is 0.277 e. The zero-order valence-electron chi connectivity index (χ0n) is 14.0. The van der Waals surface area contributed by atoms with Crippen LogP contribution in [0, 0.1) is 0 Å². The Balaban J connectivity index is 1.83. The number of carbonyl (C=O) groups excluding carboxylic acids is 1. The molecule has 0 radical (unpaired) electrons. The molecule has 1 heterocycles. The Bertz CT molecular complexity index is 463. The zero-order valence-corrected chi connectivity index (χ0v) is 14.0. The highest BCUT2D eigenvalue weighted by Gasteiger charge is 2.23. The number of anilines is 1. The SMILES string of the molecule is CCN(CC)C(=O)C[NH+]1CCN(c2ccc(OC)cc2)CC1. The number of amides is 1. The molecule has 0 aromatic heterocycles. The summed E-state index contributed by atoms with van der Waals surface area (Å²) in [5.74, 6) is 1.16. The number of quaternary nitrogens is 1. The molecule has 1 aromatic rings. The van der Waals surface area contributed by atoms with Crippen LogP contribution in [0.15, 0.2) is 24.3 Å². The second-order valence-corrected chi connectivity index (χ2v) is 5.68. The van der Waals surface area contributed by atoms with Gasteiger partial charge in [-0.3, -0.25) is 4.79 Å². The average molecular weight is 306 g/mol. The lowest BCUT2D eigenvalue weighted by Crippen LogP contribution is -3.15. The van der Waals surface area contributed by atoms with Crippen molar-refractivity contribution in [2.75, 3.05) is 57.8 Å². The van der Waals surface area contributed by atoms with Crippen LogP contribution in [0.3, 0.4) is 0 Å². The fourth-order valence-corrected chi connectivity index (χ4v) is 2.95. The molecule has 22 heavy (non-hydrogen) atoms. The van der Waals surface area contributed by atoms with Crippen molar-refractivity contribution >= 4 is 11.6 Å². The Labute approximate surface area is 133 Å². The second-order valence-electron chi connectivity index (χ2n) is 5.68. The Morgan fingerprint density at radius 1 is 1.18 bits per heavy atom. The molecule has 1 aromatic carbocycles. The molecule has 0 bridgehead atoms. The van der Waals surface area contributed by atoms with E-state index in [0.29, 0.717) is 6.54 Å². The minimum atomic E-state index is 0.276. The number of piperazine rings is 1. The molecule has 1 aliphatic heterocycles. The van der Waals surface area contributed by atoms with Crippen molar-refractivity contribution in [2.24, 2.45) is 0 Å². The third-order valence-corrected chi connectivity index (χ3v) is 4.43. The topological polar surface area (TPSA) is 37.2 Å². The number of nitrogens with zero attached hydrogens (tertiary/aromatic N) is 2. The van der Waals surface area contributed by atoms with Crippen LogP contribution in [0.2, 0.25) is 0 Å². The van der Waals surface area contributed by atoms with Crippen LogP contribution in [0.4, 0.5) is 5.69 Å². The van der Waals surface area contributed by atoms with Crippen molar-refractivity contribution in [1.82, 2.24) is 4.90 Å². The summed E-state index contributed by atoms with van der Waals surface area (Å²) >= 11 is 0. The predicted molar refractivity (Wildman–Crippen MR) is 88.7 cm³/mol. The van der Waals surface area contributed by atoms with Crippen LogP contribution >= 0.6 is 0 Å². The number of methoxy groups -OCH3 is 1. The predicted octanol–water partition coefficient (Wildman–Crippen LogP) is 0.269. The maximum absolute atomic E-state index is 12.2. The van der Waals surface area contributed by atoms with Crippen molar-refractivity contribution in [3.05, 3.63) is 24.3 Å². The summed E-state index contributed by atoms with van der Waals surface area (Å²) in [5.41, 5.74) is 1.23. The highest BCUT2D eigenvalue weighted by atomic mass is 16.5. The first-order valence-electron chi connectivity index (χ1n) is 8.18. The number of benzene rings is 1. The second kappa shape index (κ2) is 8.03. The monoisotopic (exact) mass is 306 g/mol. The number of nitrogens with one attached hydrogen (secondary N) is 1. The molecular formula is C17H28N3O2+. The summed E-state index contributed by atoms with van der Waals surface area (Å²) in [6.45, 7) is 10.3. The van der Waals surface area contributed by atoms with Gasteiger partial charge in [0.2, 0.25) is 0 Å². The highest BCUT2D eigenvalue weighted by molar-refractivity contribution is 5.77. The molecule has 5 nitrogen and oxygen atoms in total. The Morgan fingerprint density at radius 2 is 1.77 bits per heavy atom. The van der Waals surface area contributed by atoms with Gasteiger partial charge in [-0.1, -0.05) is 0 Å². The average Bonchev–Trinajstić information content (AvgIpc) is 2.57. The standard InChI is InChI=1S/C17H27N3O2/c1-4-19(5-2)17(21)14-18-10-12-20(13-11-18)15-6-8-16(22-3)9-7-15/h6-9H,4-5,10-14H2,1-3H3/p+1. The van der Waals surface area contributed by atoms with Gasteiger partial charge in [-0.2, -0.15) is 0 Å². The molecule has 0 aliphatic carbocycles. The Morgan fingerprint density at radius 3 is 2.27 bits per heavy atom. The van der Waals surface area contributed by atoms with E-state index >= 15 is 0 Å². The van der Waals surface area contributed by atoms with Crippen LogP contribution in [-0.2, 0) is 4.79 Å². The molecule has 1 fully saturated rings. The van der Waals surface area contributed by atoms with Crippen LogP contribution in [-0.4, -0.2) is 63.7 Å². The number of hydrogen-bond acceptors (Lipinski definition) is 3. The first-order valence-corrected chi connectivity index (χ1v) is 8.18.